The fourth-order valence-corrected chi connectivity index (χ4v) is 2.22. The van der Waals surface area contributed by atoms with Gasteiger partial charge in [-0.25, -0.2) is 0 Å². The van der Waals surface area contributed by atoms with Crippen LogP contribution in [0.3, 0.4) is 0 Å². The molecule has 0 aliphatic rings. The van der Waals surface area contributed by atoms with Crippen LogP contribution in [0.2, 0.25) is 0 Å². The number of aliphatic hydroxyl groups is 1. The molecular weight excluding hydrogens is 341 g/mol. The van der Waals surface area contributed by atoms with Crippen molar-refractivity contribution in [1.29, 1.82) is 0 Å². The predicted molar refractivity (Wildman–Crippen MR) is 80.6 cm³/mol. The van der Waals surface area contributed by atoms with E-state index in [2.05, 4.69) is 40.0 Å². The largest absolute Gasteiger partial charge is 0.454 e. The highest BCUT2D eigenvalue weighted by Gasteiger charge is 2.00. The maximum Gasteiger partial charge on any atom is 0.164 e. The van der Waals surface area contributed by atoms with Crippen LogP contribution in [-0.4, -0.2) is 11.7 Å². The second-order valence-electron chi connectivity index (χ2n) is 4.09. The fourth-order valence-electron chi connectivity index (χ4n) is 1.76. The van der Waals surface area contributed by atoms with Crippen LogP contribution in [0.5, 0.6) is 0 Å². The smallest absolute Gasteiger partial charge is 0.164 e. The summed E-state index contributed by atoms with van der Waals surface area (Å²) >= 11 is 2.16. The molecule has 0 saturated heterocycles. The van der Waals surface area contributed by atoms with E-state index in [1.807, 2.05) is 24.3 Å². The molecule has 1 aromatic heterocycles. The Labute approximate surface area is 120 Å². The molecule has 0 aliphatic carbocycles. The summed E-state index contributed by atoms with van der Waals surface area (Å²) in [5, 5.41) is 12.2. The number of aryl methyl sites for hydroxylation is 1. The summed E-state index contributed by atoms with van der Waals surface area (Å²) < 4.78 is 6.40. The van der Waals surface area contributed by atoms with Gasteiger partial charge in [0.25, 0.3) is 0 Å². The molecule has 2 aromatic rings. The summed E-state index contributed by atoms with van der Waals surface area (Å²) in [6.45, 7) is 0.926. The molecule has 0 fully saturated rings. The van der Waals surface area contributed by atoms with Crippen molar-refractivity contribution in [3.05, 3.63) is 51.5 Å². The third-order valence-corrected chi connectivity index (χ3v) is 3.23. The minimum Gasteiger partial charge on any atom is -0.454 e. The first kappa shape index (κ1) is 13.4. The Morgan fingerprint density at radius 3 is 2.83 bits per heavy atom. The Morgan fingerprint density at radius 2 is 2.11 bits per heavy atom. The Balaban J connectivity index is 1.92. The van der Waals surface area contributed by atoms with Crippen molar-refractivity contribution in [3.8, 4) is 0 Å². The van der Waals surface area contributed by atoms with E-state index in [1.54, 1.807) is 0 Å². The van der Waals surface area contributed by atoms with Crippen LogP contribution >= 0.6 is 22.6 Å². The zero-order chi connectivity index (χ0) is 12.8. The Morgan fingerprint density at radius 1 is 1.22 bits per heavy atom. The van der Waals surface area contributed by atoms with Crippen LogP contribution in [0, 0.1) is 3.77 Å². The fraction of sp³-hybridized carbons (Fsp3) is 0.286. The lowest BCUT2D eigenvalue weighted by Gasteiger charge is -2.06. The quantitative estimate of drug-likeness (QED) is 0.779. The lowest BCUT2D eigenvalue weighted by atomic mass is 10.1. The first-order chi connectivity index (χ1) is 8.78. The highest BCUT2D eigenvalue weighted by Crippen LogP contribution is 2.15. The zero-order valence-corrected chi connectivity index (χ0v) is 12.2. The molecule has 0 aliphatic heterocycles. The maximum absolute atomic E-state index is 8.82. The molecule has 0 spiro atoms. The molecular formula is C14H16INO2. The molecule has 0 unspecified atom stereocenters. The van der Waals surface area contributed by atoms with Crippen LogP contribution in [0.25, 0.3) is 0 Å². The number of hydrogen-bond donors (Lipinski definition) is 2. The van der Waals surface area contributed by atoms with Gasteiger partial charge in [-0.15, -0.1) is 0 Å². The topological polar surface area (TPSA) is 45.4 Å². The molecule has 1 heterocycles. The van der Waals surface area contributed by atoms with E-state index in [0.717, 1.165) is 28.1 Å². The lowest BCUT2D eigenvalue weighted by molar-refractivity contribution is 0.288. The Hall–Kier alpha value is -1.01. The van der Waals surface area contributed by atoms with E-state index in [-0.39, 0.29) is 6.61 Å². The van der Waals surface area contributed by atoms with Gasteiger partial charge in [0.2, 0.25) is 0 Å². The first-order valence-electron chi connectivity index (χ1n) is 5.96. The van der Waals surface area contributed by atoms with Gasteiger partial charge in [-0.1, -0.05) is 12.1 Å². The van der Waals surface area contributed by atoms with Crippen LogP contribution in [0.15, 0.2) is 40.8 Å². The predicted octanol–water partition coefficient (Wildman–Crippen LogP) is 3.42. The third-order valence-electron chi connectivity index (χ3n) is 2.65. The molecule has 2 N–H and O–H groups in total. The number of aliphatic hydroxyl groups excluding tert-OH is 1. The van der Waals surface area contributed by atoms with Gasteiger partial charge in [0.05, 0.1) is 6.54 Å². The number of anilines is 1. The van der Waals surface area contributed by atoms with Crippen molar-refractivity contribution in [2.24, 2.45) is 0 Å². The van der Waals surface area contributed by atoms with Gasteiger partial charge >= 0.3 is 0 Å². The van der Waals surface area contributed by atoms with E-state index < -0.39 is 0 Å². The normalized spacial score (nSPS) is 10.6. The summed E-state index contributed by atoms with van der Waals surface area (Å²) in [4.78, 5) is 0. The van der Waals surface area contributed by atoms with Gasteiger partial charge in [-0.3, -0.25) is 0 Å². The Bertz CT molecular complexity index is 496. The number of nitrogens with one attached hydrogen (secondary N) is 1. The molecule has 0 atom stereocenters. The van der Waals surface area contributed by atoms with Gasteiger partial charge in [0, 0.05) is 12.3 Å². The van der Waals surface area contributed by atoms with Gasteiger partial charge in [0.15, 0.2) is 3.77 Å². The standard InChI is InChI=1S/C14H16INO2/c15-14-7-6-13(18-14)10-16-12-5-1-3-11(9-12)4-2-8-17/h1,3,5-7,9,16-17H,2,4,8,10H2. The number of benzene rings is 1. The zero-order valence-electron chi connectivity index (χ0n) is 10.0. The van der Waals surface area contributed by atoms with Crippen LogP contribution in [0.4, 0.5) is 5.69 Å². The number of furan rings is 1. The van der Waals surface area contributed by atoms with Crippen molar-refractivity contribution in [2.75, 3.05) is 11.9 Å². The summed E-state index contributed by atoms with van der Waals surface area (Å²) in [5.41, 5.74) is 2.32. The second-order valence-corrected chi connectivity index (χ2v) is 5.15. The number of hydrogen-bond acceptors (Lipinski definition) is 3. The van der Waals surface area contributed by atoms with E-state index in [9.17, 15) is 0 Å². The molecule has 2 rings (SSSR count). The molecule has 0 bridgehead atoms. The van der Waals surface area contributed by atoms with Crippen molar-refractivity contribution in [1.82, 2.24) is 0 Å². The summed E-state index contributed by atoms with van der Waals surface area (Å²) in [6.07, 6.45) is 1.71. The molecule has 0 amide bonds. The first-order valence-corrected chi connectivity index (χ1v) is 7.03. The van der Waals surface area contributed by atoms with Gasteiger partial charge < -0.3 is 14.8 Å². The van der Waals surface area contributed by atoms with E-state index in [0.29, 0.717) is 6.54 Å². The molecule has 0 saturated carbocycles. The number of rotatable bonds is 6. The molecule has 3 nitrogen and oxygen atoms in total. The van der Waals surface area contributed by atoms with Crippen molar-refractivity contribution < 1.29 is 9.52 Å². The molecule has 1 aromatic carbocycles. The summed E-state index contributed by atoms with van der Waals surface area (Å²) in [5.74, 6) is 0.931. The minimum atomic E-state index is 0.239. The molecule has 18 heavy (non-hydrogen) atoms. The van der Waals surface area contributed by atoms with Crippen molar-refractivity contribution in [2.45, 2.75) is 19.4 Å². The molecule has 4 heteroatoms. The van der Waals surface area contributed by atoms with Crippen LogP contribution < -0.4 is 5.32 Å². The number of halogens is 1. The van der Waals surface area contributed by atoms with Crippen LogP contribution in [-0.2, 0) is 13.0 Å². The monoisotopic (exact) mass is 357 g/mol. The van der Waals surface area contributed by atoms with Crippen LogP contribution in [0.1, 0.15) is 17.7 Å². The lowest BCUT2D eigenvalue weighted by Crippen LogP contribution is -1.99. The SMILES string of the molecule is OCCCc1cccc(NCc2ccc(I)o2)c1. The average Bonchev–Trinajstić information content (AvgIpc) is 2.80. The van der Waals surface area contributed by atoms with E-state index >= 15 is 0 Å². The minimum absolute atomic E-state index is 0.239. The van der Waals surface area contributed by atoms with E-state index in [4.69, 9.17) is 9.52 Å². The maximum atomic E-state index is 8.82. The summed E-state index contributed by atoms with van der Waals surface area (Å²) in [6, 6.07) is 12.2. The third kappa shape index (κ3) is 4.03. The van der Waals surface area contributed by atoms with E-state index in [1.165, 1.54) is 5.56 Å². The highest BCUT2D eigenvalue weighted by molar-refractivity contribution is 14.1. The van der Waals surface area contributed by atoms with Crippen molar-refractivity contribution in [3.63, 3.8) is 0 Å². The van der Waals surface area contributed by atoms with Gasteiger partial charge in [-0.05, 0) is 65.3 Å². The van der Waals surface area contributed by atoms with Crippen molar-refractivity contribution >= 4 is 28.3 Å². The molecule has 0 radical (unpaired) electrons. The second kappa shape index (κ2) is 6.80. The highest BCUT2D eigenvalue weighted by atomic mass is 127. The van der Waals surface area contributed by atoms with Gasteiger partial charge in [-0.2, -0.15) is 0 Å². The average molecular weight is 357 g/mol. The Kier molecular flexibility index (Phi) is 5.07. The van der Waals surface area contributed by atoms with Gasteiger partial charge in [0.1, 0.15) is 5.76 Å². The molecule has 96 valence electrons. The summed E-state index contributed by atoms with van der Waals surface area (Å²) in [7, 11) is 0.